The van der Waals surface area contributed by atoms with Crippen LogP contribution >= 0.6 is 21.6 Å². The summed E-state index contributed by atoms with van der Waals surface area (Å²) in [7, 11) is 5.17. The molecule has 4 N–H and O–H groups in total. The smallest absolute Gasteiger partial charge is 0.200 e. The summed E-state index contributed by atoms with van der Waals surface area (Å²) in [5.74, 6) is 4.31. The van der Waals surface area contributed by atoms with Crippen LogP contribution in [0.3, 0.4) is 0 Å². The van der Waals surface area contributed by atoms with Gasteiger partial charge in [0.15, 0.2) is 17.6 Å². The molecule has 0 spiro atoms. The van der Waals surface area contributed by atoms with Crippen LogP contribution in [0, 0.1) is 5.92 Å². The molecule has 2 bridgehead atoms. The molecule has 2 aliphatic heterocycles. The van der Waals surface area contributed by atoms with E-state index in [9.17, 15) is 20.4 Å². The van der Waals surface area contributed by atoms with Gasteiger partial charge in [0.2, 0.25) is 5.75 Å². The molecule has 5 atom stereocenters. The van der Waals surface area contributed by atoms with Gasteiger partial charge in [0, 0.05) is 40.2 Å². The van der Waals surface area contributed by atoms with Gasteiger partial charge in [-0.15, -0.1) is 0 Å². The highest BCUT2D eigenvalue weighted by molar-refractivity contribution is 8.76. The Morgan fingerprint density at radius 2 is 1.75 bits per heavy atom. The topological polar surface area (TPSA) is 118 Å². The molecule has 5 unspecified atom stereocenters. The number of benzene rings is 3. The lowest BCUT2D eigenvalue weighted by Gasteiger charge is -2.41. The van der Waals surface area contributed by atoms with Gasteiger partial charge in [-0.3, -0.25) is 0 Å². The maximum atomic E-state index is 12.3. The number of ether oxygens (including phenoxy) is 4. The minimum Gasteiger partial charge on any atom is -0.508 e. The fraction of sp³-hybridized carbons (Fsp3) is 0.526. The van der Waals surface area contributed by atoms with Gasteiger partial charge in [-0.1, -0.05) is 41.0 Å². The fourth-order valence-corrected chi connectivity index (χ4v) is 10.6. The van der Waals surface area contributed by atoms with Crippen LogP contribution in [0.2, 0.25) is 0 Å². The number of phenolic OH excluding ortho intramolecular Hbond substituents is 2. The Morgan fingerprint density at radius 3 is 2.54 bits per heavy atom. The molecule has 48 heavy (non-hydrogen) atoms. The molecule has 0 amide bonds. The van der Waals surface area contributed by atoms with Gasteiger partial charge in [-0.05, 0) is 97.7 Å². The minimum absolute atomic E-state index is 0.0239. The summed E-state index contributed by atoms with van der Waals surface area (Å²) in [5, 5.41) is 43.7. The number of methoxy groups -OCH3 is 1. The number of phenols is 2. The van der Waals surface area contributed by atoms with Crippen molar-refractivity contribution < 1.29 is 39.4 Å². The van der Waals surface area contributed by atoms with Crippen molar-refractivity contribution in [2.24, 2.45) is 5.92 Å². The molecule has 4 aliphatic rings. The predicted octanol–water partition coefficient (Wildman–Crippen LogP) is 7.89. The van der Waals surface area contributed by atoms with Crippen LogP contribution in [-0.2, 0) is 6.42 Å². The fourth-order valence-electron chi connectivity index (χ4n) is 8.00. The molecular formula is C38H46O8S2. The third-order valence-corrected chi connectivity index (χ3v) is 13.0. The van der Waals surface area contributed by atoms with E-state index in [-0.39, 0.29) is 48.4 Å². The molecular weight excluding hydrogens is 649 g/mol. The van der Waals surface area contributed by atoms with Gasteiger partial charge in [-0.25, -0.2) is 0 Å². The standard InChI is InChI=1S/C38H46O8S2/c1-21-7-8-22-15-28-34(26-10-9-24(40)18-27(22)26)30(44-13-12-39)19-31-35(28)29(20-48-47-14-11-21)36(41)38(46-31)23-16-32(43-2)37(42)33(17-23)45-25-5-3-4-6-25/h9-10,16-19,21-22,25,29,36,38-42H,3-8,11-15,20H2,1-2H3. The lowest BCUT2D eigenvalue weighted by Crippen LogP contribution is -2.37. The van der Waals surface area contributed by atoms with Crippen molar-refractivity contribution in [2.45, 2.75) is 88.4 Å². The summed E-state index contributed by atoms with van der Waals surface area (Å²) in [4.78, 5) is 0. The minimum atomic E-state index is -0.892. The van der Waals surface area contributed by atoms with Crippen molar-refractivity contribution >= 4 is 21.6 Å². The van der Waals surface area contributed by atoms with Crippen molar-refractivity contribution in [1.29, 1.82) is 0 Å². The number of rotatable bonds is 7. The number of hydrogen-bond acceptors (Lipinski definition) is 10. The molecule has 0 saturated heterocycles. The second-order valence-corrected chi connectivity index (χ2v) is 16.3. The van der Waals surface area contributed by atoms with Gasteiger partial charge in [-0.2, -0.15) is 0 Å². The summed E-state index contributed by atoms with van der Waals surface area (Å²) < 4.78 is 24.9. The normalized spacial score (nSPS) is 25.5. The van der Waals surface area contributed by atoms with Crippen molar-refractivity contribution in [3.63, 3.8) is 0 Å². The summed E-state index contributed by atoms with van der Waals surface area (Å²) in [6, 6.07) is 11.0. The van der Waals surface area contributed by atoms with Gasteiger partial charge in [0.25, 0.3) is 0 Å². The van der Waals surface area contributed by atoms with Crippen LogP contribution in [-0.4, -0.2) is 64.5 Å². The highest BCUT2D eigenvalue weighted by atomic mass is 33.1. The molecule has 258 valence electrons. The highest BCUT2D eigenvalue weighted by Gasteiger charge is 2.43. The lowest BCUT2D eigenvalue weighted by molar-refractivity contribution is 0.00407. The van der Waals surface area contributed by atoms with E-state index in [1.807, 2.05) is 29.0 Å². The number of hydrogen-bond donors (Lipinski definition) is 4. The molecule has 7 rings (SSSR count). The maximum absolute atomic E-state index is 12.3. The first-order valence-electron chi connectivity index (χ1n) is 17.3. The Balaban J connectivity index is 1.38. The molecule has 2 aliphatic carbocycles. The molecule has 3 aromatic rings. The summed E-state index contributed by atoms with van der Waals surface area (Å²) in [6.45, 7) is 2.31. The van der Waals surface area contributed by atoms with Crippen LogP contribution in [0.25, 0.3) is 11.1 Å². The molecule has 0 radical (unpaired) electrons. The number of aliphatic hydroxyl groups excluding tert-OH is 2. The van der Waals surface area contributed by atoms with Gasteiger partial charge < -0.3 is 39.4 Å². The molecule has 1 fully saturated rings. The first kappa shape index (κ1) is 33.6. The number of fused-ring (bicyclic) bond motifs is 4. The van der Waals surface area contributed by atoms with Crippen molar-refractivity contribution in [1.82, 2.24) is 0 Å². The zero-order valence-electron chi connectivity index (χ0n) is 27.7. The lowest BCUT2D eigenvalue weighted by atomic mass is 9.71. The van der Waals surface area contributed by atoms with E-state index in [0.29, 0.717) is 34.5 Å². The number of aliphatic hydroxyl groups is 2. The van der Waals surface area contributed by atoms with Crippen molar-refractivity contribution in [3.05, 3.63) is 58.7 Å². The summed E-state index contributed by atoms with van der Waals surface area (Å²) in [5.41, 5.74) is 5.86. The first-order chi connectivity index (χ1) is 23.4. The highest BCUT2D eigenvalue weighted by Crippen LogP contribution is 2.56. The molecule has 2 heterocycles. The summed E-state index contributed by atoms with van der Waals surface area (Å²) >= 11 is 0. The van der Waals surface area contributed by atoms with E-state index in [1.165, 1.54) is 7.11 Å². The van der Waals surface area contributed by atoms with Gasteiger partial charge in [0.1, 0.15) is 30.0 Å². The predicted molar refractivity (Wildman–Crippen MR) is 190 cm³/mol. The SMILES string of the molecule is COc1cc(C2Oc3cc(OCCO)c4c5c3C(CSSCCC(C)CCC(C5)c3cc(O)ccc3-4)C2O)cc(OC2CCCC2)c1O. The Morgan fingerprint density at radius 1 is 0.938 bits per heavy atom. The van der Waals surface area contributed by atoms with E-state index in [1.54, 1.807) is 29.0 Å². The quantitative estimate of drug-likeness (QED) is 0.182. The Bertz CT molecular complexity index is 1620. The maximum Gasteiger partial charge on any atom is 0.200 e. The van der Waals surface area contributed by atoms with Crippen LogP contribution in [0.1, 0.15) is 92.1 Å². The van der Waals surface area contributed by atoms with Crippen molar-refractivity contribution in [2.75, 3.05) is 31.8 Å². The molecule has 1 saturated carbocycles. The Labute approximate surface area is 290 Å². The van der Waals surface area contributed by atoms with E-state index in [2.05, 4.69) is 6.92 Å². The largest absolute Gasteiger partial charge is 0.508 e. The van der Waals surface area contributed by atoms with E-state index < -0.39 is 12.2 Å². The van der Waals surface area contributed by atoms with Crippen LogP contribution in [0.5, 0.6) is 34.5 Å². The molecule has 0 aromatic heterocycles. The average Bonchev–Trinajstić information content (AvgIpc) is 3.60. The Kier molecular flexibility index (Phi) is 10.2. The molecule has 3 aromatic carbocycles. The second kappa shape index (κ2) is 14.5. The van der Waals surface area contributed by atoms with E-state index in [0.717, 1.165) is 84.9 Å². The van der Waals surface area contributed by atoms with Crippen LogP contribution < -0.4 is 18.9 Å². The monoisotopic (exact) mass is 694 g/mol. The first-order valence-corrected chi connectivity index (χ1v) is 19.8. The average molecular weight is 695 g/mol. The zero-order valence-corrected chi connectivity index (χ0v) is 29.3. The van der Waals surface area contributed by atoms with Crippen molar-refractivity contribution in [3.8, 4) is 45.6 Å². The zero-order chi connectivity index (χ0) is 33.4. The number of aromatic hydroxyl groups is 2. The second-order valence-electron chi connectivity index (χ2n) is 13.7. The van der Waals surface area contributed by atoms with Crippen LogP contribution in [0.15, 0.2) is 36.4 Å². The van der Waals surface area contributed by atoms with E-state index in [4.69, 9.17) is 18.9 Å². The van der Waals surface area contributed by atoms with Crippen LogP contribution in [0.4, 0.5) is 0 Å². The third-order valence-electron chi connectivity index (χ3n) is 10.5. The van der Waals surface area contributed by atoms with Gasteiger partial charge >= 0.3 is 0 Å². The summed E-state index contributed by atoms with van der Waals surface area (Å²) in [6.07, 6.45) is 6.36. The molecule has 8 nitrogen and oxygen atoms in total. The van der Waals surface area contributed by atoms with E-state index >= 15 is 0 Å². The van der Waals surface area contributed by atoms with Gasteiger partial charge in [0.05, 0.1) is 19.8 Å². The third kappa shape index (κ3) is 6.53. The molecule has 10 heteroatoms. The Hall–Kier alpha value is -2.92.